The van der Waals surface area contributed by atoms with Gasteiger partial charge in [-0.05, 0) is 18.4 Å². The minimum absolute atomic E-state index is 0.0562. The normalized spacial score (nSPS) is 30.4. The fourth-order valence-electron chi connectivity index (χ4n) is 2.55. The zero-order chi connectivity index (χ0) is 14.4. The molecule has 4 heteroatoms. The van der Waals surface area contributed by atoms with Crippen LogP contribution in [0.4, 0.5) is 0 Å². The van der Waals surface area contributed by atoms with Crippen molar-refractivity contribution in [2.75, 3.05) is 13.2 Å². The van der Waals surface area contributed by atoms with E-state index in [0.717, 1.165) is 5.56 Å². The topological polar surface area (TPSA) is 58.9 Å². The van der Waals surface area contributed by atoms with Gasteiger partial charge in [0.05, 0.1) is 31.5 Å². The summed E-state index contributed by atoms with van der Waals surface area (Å²) in [6, 6.07) is 9.99. The van der Waals surface area contributed by atoms with Gasteiger partial charge in [0.15, 0.2) is 0 Å². The number of rotatable bonds is 6. The molecule has 0 amide bonds. The van der Waals surface area contributed by atoms with Gasteiger partial charge in [-0.25, -0.2) is 0 Å². The minimum atomic E-state index is -0.384. The Morgan fingerprint density at radius 3 is 2.75 bits per heavy atom. The SMILES string of the molecule is C[C@H]1[C@H](COCc2ccccc2)O[C@H](CCO)C[C@@H]1O. The number of ether oxygens (including phenoxy) is 2. The monoisotopic (exact) mass is 280 g/mol. The summed E-state index contributed by atoms with van der Waals surface area (Å²) in [5.41, 5.74) is 1.13. The number of hydrogen-bond acceptors (Lipinski definition) is 4. The standard InChI is InChI=1S/C16H24O4/c1-12-15(18)9-14(7-8-17)20-16(12)11-19-10-13-5-3-2-4-6-13/h2-6,12,14-18H,7-11H2,1H3/t12-,14-,15+,16+/m1/s1. The lowest BCUT2D eigenvalue weighted by molar-refractivity contribution is -0.157. The maximum absolute atomic E-state index is 10.0. The summed E-state index contributed by atoms with van der Waals surface area (Å²) < 4.78 is 11.6. The van der Waals surface area contributed by atoms with Gasteiger partial charge in [-0.1, -0.05) is 37.3 Å². The van der Waals surface area contributed by atoms with E-state index in [9.17, 15) is 5.11 Å². The number of aliphatic hydroxyl groups is 2. The molecule has 20 heavy (non-hydrogen) atoms. The van der Waals surface area contributed by atoms with Crippen LogP contribution in [0.15, 0.2) is 30.3 Å². The average Bonchev–Trinajstić information content (AvgIpc) is 2.45. The Balaban J connectivity index is 1.80. The van der Waals surface area contributed by atoms with Crippen LogP contribution in [-0.2, 0) is 16.1 Å². The smallest absolute Gasteiger partial charge is 0.0862 e. The van der Waals surface area contributed by atoms with Crippen LogP contribution in [0.3, 0.4) is 0 Å². The number of aliphatic hydroxyl groups excluding tert-OH is 2. The van der Waals surface area contributed by atoms with Gasteiger partial charge in [-0.15, -0.1) is 0 Å². The molecule has 1 aliphatic rings. The quantitative estimate of drug-likeness (QED) is 0.833. The highest BCUT2D eigenvalue weighted by Crippen LogP contribution is 2.27. The molecule has 0 aliphatic carbocycles. The van der Waals surface area contributed by atoms with Gasteiger partial charge in [0.1, 0.15) is 0 Å². The van der Waals surface area contributed by atoms with Crippen molar-refractivity contribution in [1.29, 1.82) is 0 Å². The Labute approximate surface area is 120 Å². The van der Waals surface area contributed by atoms with Crippen LogP contribution in [0, 0.1) is 5.92 Å². The summed E-state index contributed by atoms with van der Waals surface area (Å²) in [5.74, 6) is 0.0562. The van der Waals surface area contributed by atoms with Crippen molar-refractivity contribution < 1.29 is 19.7 Å². The first-order valence-corrected chi connectivity index (χ1v) is 7.26. The third-order valence-corrected chi connectivity index (χ3v) is 3.91. The predicted molar refractivity (Wildman–Crippen MR) is 76.2 cm³/mol. The first-order valence-electron chi connectivity index (χ1n) is 7.26. The summed E-state index contributed by atoms with van der Waals surface area (Å²) in [5, 5.41) is 19.0. The van der Waals surface area contributed by atoms with Crippen molar-refractivity contribution in [3.05, 3.63) is 35.9 Å². The van der Waals surface area contributed by atoms with E-state index in [2.05, 4.69) is 0 Å². The Kier molecular flexibility index (Phi) is 5.98. The van der Waals surface area contributed by atoms with Gasteiger partial charge in [-0.2, -0.15) is 0 Å². The van der Waals surface area contributed by atoms with Crippen molar-refractivity contribution in [3.63, 3.8) is 0 Å². The zero-order valence-corrected chi connectivity index (χ0v) is 11.9. The Morgan fingerprint density at radius 1 is 1.30 bits per heavy atom. The number of benzene rings is 1. The summed E-state index contributed by atoms with van der Waals surface area (Å²) in [6.07, 6.45) is 0.594. The molecule has 2 rings (SSSR count). The second-order valence-corrected chi connectivity index (χ2v) is 5.47. The lowest BCUT2D eigenvalue weighted by atomic mass is 9.90. The van der Waals surface area contributed by atoms with Crippen LogP contribution >= 0.6 is 0 Å². The molecule has 1 aromatic rings. The molecule has 0 spiro atoms. The maximum atomic E-state index is 10.0. The lowest BCUT2D eigenvalue weighted by Gasteiger charge is -2.38. The molecule has 0 aromatic heterocycles. The van der Waals surface area contributed by atoms with E-state index in [4.69, 9.17) is 14.6 Å². The maximum Gasteiger partial charge on any atom is 0.0862 e. The van der Waals surface area contributed by atoms with Crippen molar-refractivity contribution >= 4 is 0 Å². The Hall–Kier alpha value is -0.940. The second-order valence-electron chi connectivity index (χ2n) is 5.47. The Bertz CT molecular complexity index is 381. The largest absolute Gasteiger partial charge is 0.396 e. The molecule has 112 valence electrons. The molecule has 0 bridgehead atoms. The third-order valence-electron chi connectivity index (χ3n) is 3.91. The summed E-state index contributed by atoms with van der Waals surface area (Å²) >= 11 is 0. The van der Waals surface area contributed by atoms with Gasteiger partial charge < -0.3 is 19.7 Å². The van der Waals surface area contributed by atoms with Crippen molar-refractivity contribution in [3.8, 4) is 0 Å². The molecule has 1 aromatic carbocycles. The predicted octanol–water partition coefficient (Wildman–Crippen LogP) is 1.74. The van der Waals surface area contributed by atoms with Gasteiger partial charge in [-0.3, -0.25) is 0 Å². The van der Waals surface area contributed by atoms with Crippen LogP contribution in [-0.4, -0.2) is 41.7 Å². The fourth-order valence-corrected chi connectivity index (χ4v) is 2.55. The zero-order valence-electron chi connectivity index (χ0n) is 11.9. The minimum Gasteiger partial charge on any atom is -0.396 e. The first-order chi connectivity index (χ1) is 9.70. The molecular formula is C16H24O4. The van der Waals surface area contributed by atoms with Crippen molar-refractivity contribution in [2.45, 2.75) is 44.7 Å². The van der Waals surface area contributed by atoms with Crippen LogP contribution in [0.5, 0.6) is 0 Å². The fraction of sp³-hybridized carbons (Fsp3) is 0.625. The third kappa shape index (κ3) is 4.28. The molecular weight excluding hydrogens is 256 g/mol. The van der Waals surface area contributed by atoms with E-state index in [1.807, 2.05) is 37.3 Å². The molecule has 1 aliphatic heterocycles. The highest BCUT2D eigenvalue weighted by atomic mass is 16.5. The van der Waals surface area contributed by atoms with E-state index in [1.165, 1.54) is 0 Å². The molecule has 4 nitrogen and oxygen atoms in total. The van der Waals surface area contributed by atoms with Gasteiger partial charge >= 0.3 is 0 Å². The Morgan fingerprint density at radius 2 is 2.05 bits per heavy atom. The van der Waals surface area contributed by atoms with Crippen molar-refractivity contribution in [1.82, 2.24) is 0 Å². The molecule has 0 unspecified atom stereocenters. The van der Waals surface area contributed by atoms with Gasteiger partial charge in [0, 0.05) is 12.5 Å². The molecule has 1 fully saturated rings. The van der Waals surface area contributed by atoms with Gasteiger partial charge in [0.25, 0.3) is 0 Å². The van der Waals surface area contributed by atoms with Crippen LogP contribution in [0.1, 0.15) is 25.3 Å². The second kappa shape index (κ2) is 7.74. The first kappa shape index (κ1) is 15.4. The van der Waals surface area contributed by atoms with Crippen molar-refractivity contribution in [2.24, 2.45) is 5.92 Å². The summed E-state index contributed by atoms with van der Waals surface area (Å²) in [6.45, 7) is 3.09. The van der Waals surface area contributed by atoms with Gasteiger partial charge in [0.2, 0.25) is 0 Å². The van der Waals surface area contributed by atoms with E-state index in [1.54, 1.807) is 0 Å². The summed E-state index contributed by atoms with van der Waals surface area (Å²) in [4.78, 5) is 0. The van der Waals surface area contributed by atoms with Crippen LogP contribution in [0.25, 0.3) is 0 Å². The van der Waals surface area contributed by atoms with Crippen LogP contribution < -0.4 is 0 Å². The average molecular weight is 280 g/mol. The van der Waals surface area contributed by atoms with E-state index < -0.39 is 0 Å². The molecule has 0 saturated carbocycles. The molecule has 1 heterocycles. The molecule has 0 radical (unpaired) electrons. The van der Waals surface area contributed by atoms with E-state index >= 15 is 0 Å². The molecule has 1 saturated heterocycles. The highest BCUT2D eigenvalue weighted by Gasteiger charge is 2.34. The molecule has 2 N–H and O–H groups in total. The van der Waals surface area contributed by atoms with Crippen LogP contribution in [0.2, 0.25) is 0 Å². The lowest BCUT2D eigenvalue weighted by Crippen LogP contribution is -2.45. The highest BCUT2D eigenvalue weighted by molar-refractivity contribution is 5.13. The number of hydrogen-bond donors (Lipinski definition) is 2. The van der Waals surface area contributed by atoms with E-state index in [-0.39, 0.29) is 30.8 Å². The van der Waals surface area contributed by atoms with E-state index in [0.29, 0.717) is 26.1 Å². The molecule has 4 atom stereocenters. The summed E-state index contributed by atoms with van der Waals surface area (Å²) in [7, 11) is 0.